The van der Waals surface area contributed by atoms with Gasteiger partial charge in [-0.1, -0.05) is 0 Å². The van der Waals surface area contributed by atoms with E-state index in [1.165, 1.54) is 13.0 Å². The van der Waals surface area contributed by atoms with Gasteiger partial charge in [-0.3, -0.25) is 14.6 Å². The lowest BCUT2D eigenvalue weighted by molar-refractivity contribution is 0.0908. The van der Waals surface area contributed by atoms with Crippen LogP contribution >= 0.6 is 0 Å². The van der Waals surface area contributed by atoms with E-state index in [9.17, 15) is 14.7 Å². The maximum absolute atomic E-state index is 12.1. The third kappa shape index (κ3) is 3.55. The van der Waals surface area contributed by atoms with Crippen molar-refractivity contribution in [2.45, 2.75) is 13.0 Å². The smallest absolute Gasteiger partial charge is 0.268 e. The van der Waals surface area contributed by atoms with Crippen molar-refractivity contribution in [3.8, 4) is 0 Å². The number of hydrogen-bond acceptors (Lipinski definition) is 4. The molecule has 0 aromatic carbocycles. The number of hydrogen-bond donors (Lipinski definition) is 2. The first kappa shape index (κ1) is 14.9. The Morgan fingerprint density at radius 3 is 2.62 bits per heavy atom. The molecular formula is C15H17N3O3. The largest absolute Gasteiger partial charge is 0.387 e. The van der Waals surface area contributed by atoms with Crippen LogP contribution in [0, 0.1) is 0 Å². The van der Waals surface area contributed by atoms with Crippen LogP contribution in [0.4, 0.5) is 0 Å². The molecule has 2 rings (SSSR count). The number of ketones is 1. The van der Waals surface area contributed by atoms with E-state index in [-0.39, 0.29) is 18.2 Å². The van der Waals surface area contributed by atoms with Gasteiger partial charge in [-0.05, 0) is 30.7 Å². The highest BCUT2D eigenvalue weighted by atomic mass is 16.3. The van der Waals surface area contributed by atoms with Crippen LogP contribution in [0.1, 0.15) is 39.4 Å². The summed E-state index contributed by atoms with van der Waals surface area (Å²) in [5.41, 5.74) is 1.54. The van der Waals surface area contributed by atoms with Crippen LogP contribution in [0.2, 0.25) is 0 Å². The van der Waals surface area contributed by atoms with Crippen molar-refractivity contribution in [2.75, 3.05) is 6.54 Å². The molecule has 2 N–H and O–H groups in total. The lowest BCUT2D eigenvalue weighted by Crippen LogP contribution is -2.29. The summed E-state index contributed by atoms with van der Waals surface area (Å²) in [5.74, 6) is -0.431. The van der Waals surface area contributed by atoms with Gasteiger partial charge in [-0.25, -0.2) is 0 Å². The number of amides is 1. The van der Waals surface area contributed by atoms with Gasteiger partial charge in [0.05, 0.1) is 6.10 Å². The highest BCUT2D eigenvalue weighted by molar-refractivity contribution is 5.99. The second-order valence-corrected chi connectivity index (χ2v) is 4.79. The van der Waals surface area contributed by atoms with Crippen LogP contribution in [-0.2, 0) is 7.05 Å². The third-order valence-corrected chi connectivity index (χ3v) is 3.19. The molecule has 0 radical (unpaired) electrons. The number of aromatic nitrogens is 2. The van der Waals surface area contributed by atoms with Crippen molar-refractivity contribution < 1.29 is 14.7 Å². The van der Waals surface area contributed by atoms with Gasteiger partial charge in [-0.15, -0.1) is 0 Å². The van der Waals surface area contributed by atoms with Gasteiger partial charge in [0.1, 0.15) is 5.69 Å². The van der Waals surface area contributed by atoms with Crippen molar-refractivity contribution in [3.05, 3.63) is 53.6 Å². The number of pyridine rings is 1. The third-order valence-electron chi connectivity index (χ3n) is 3.19. The summed E-state index contributed by atoms with van der Waals surface area (Å²) in [7, 11) is 1.70. The Hall–Kier alpha value is -2.47. The van der Waals surface area contributed by atoms with Crippen LogP contribution in [0.5, 0.6) is 0 Å². The zero-order valence-corrected chi connectivity index (χ0v) is 11.9. The number of carbonyl (C=O) groups excluding carboxylic acids is 2. The summed E-state index contributed by atoms with van der Waals surface area (Å²) in [5, 5.41) is 12.6. The molecule has 1 atom stereocenters. The van der Waals surface area contributed by atoms with Gasteiger partial charge in [0.15, 0.2) is 5.78 Å². The molecule has 21 heavy (non-hydrogen) atoms. The molecule has 2 aromatic heterocycles. The number of aliphatic hydroxyl groups excluding tert-OH is 1. The Morgan fingerprint density at radius 2 is 2.05 bits per heavy atom. The minimum atomic E-state index is -0.801. The molecule has 0 saturated heterocycles. The zero-order valence-electron chi connectivity index (χ0n) is 11.9. The van der Waals surface area contributed by atoms with Crippen LogP contribution in [0.3, 0.4) is 0 Å². The van der Waals surface area contributed by atoms with Crippen LogP contribution < -0.4 is 5.32 Å². The first-order valence-electron chi connectivity index (χ1n) is 6.52. The molecule has 6 heteroatoms. The first-order chi connectivity index (χ1) is 9.99. The molecule has 6 nitrogen and oxygen atoms in total. The van der Waals surface area contributed by atoms with Crippen molar-refractivity contribution >= 4 is 11.7 Å². The summed E-state index contributed by atoms with van der Waals surface area (Å²) in [6, 6.07) is 4.91. The Kier molecular flexibility index (Phi) is 4.49. The molecule has 2 heterocycles. The van der Waals surface area contributed by atoms with Crippen LogP contribution in [0.15, 0.2) is 36.8 Å². The van der Waals surface area contributed by atoms with Crippen molar-refractivity contribution in [1.82, 2.24) is 14.9 Å². The molecule has 110 valence electrons. The van der Waals surface area contributed by atoms with E-state index in [0.717, 1.165) is 0 Å². The quantitative estimate of drug-likeness (QED) is 0.806. The number of nitrogens with zero attached hydrogens (tertiary/aromatic N) is 2. The maximum Gasteiger partial charge on any atom is 0.268 e. The van der Waals surface area contributed by atoms with Crippen LogP contribution in [-0.4, -0.2) is 32.9 Å². The van der Waals surface area contributed by atoms with E-state index in [1.54, 1.807) is 42.3 Å². The SMILES string of the molecule is CC(=O)c1cc(C(=O)NCC(O)c2ccncc2)n(C)c1. The fourth-order valence-electron chi connectivity index (χ4n) is 1.97. The number of aliphatic hydroxyl groups is 1. The summed E-state index contributed by atoms with van der Waals surface area (Å²) in [6.07, 6.45) is 3.97. The van der Waals surface area contributed by atoms with E-state index >= 15 is 0 Å². The molecule has 0 fully saturated rings. The maximum atomic E-state index is 12.1. The topological polar surface area (TPSA) is 84.2 Å². The molecule has 0 spiro atoms. The summed E-state index contributed by atoms with van der Waals surface area (Å²) >= 11 is 0. The molecule has 0 saturated carbocycles. The molecule has 0 aliphatic heterocycles. The van der Waals surface area contributed by atoms with E-state index < -0.39 is 6.10 Å². The molecule has 1 amide bonds. The predicted molar refractivity (Wildman–Crippen MR) is 76.9 cm³/mol. The van der Waals surface area contributed by atoms with E-state index in [4.69, 9.17) is 0 Å². The van der Waals surface area contributed by atoms with E-state index in [0.29, 0.717) is 16.8 Å². The molecule has 1 unspecified atom stereocenters. The summed E-state index contributed by atoms with van der Waals surface area (Å²) in [6.45, 7) is 1.54. The van der Waals surface area contributed by atoms with Crippen molar-refractivity contribution in [3.63, 3.8) is 0 Å². The minimum absolute atomic E-state index is 0.0867. The Balaban J connectivity index is 2.00. The van der Waals surface area contributed by atoms with Gasteiger partial charge in [0.2, 0.25) is 0 Å². The zero-order chi connectivity index (χ0) is 15.4. The first-order valence-corrected chi connectivity index (χ1v) is 6.52. The lowest BCUT2D eigenvalue weighted by Gasteiger charge is -2.12. The van der Waals surface area contributed by atoms with E-state index in [1.807, 2.05) is 0 Å². The Labute approximate surface area is 122 Å². The predicted octanol–water partition coefficient (Wildman–Crippen LogP) is 1.09. The molecule has 0 bridgehead atoms. The molecule has 0 aliphatic rings. The van der Waals surface area contributed by atoms with Gasteiger partial charge < -0.3 is 15.0 Å². The number of carbonyl (C=O) groups is 2. The lowest BCUT2D eigenvalue weighted by atomic mass is 10.1. The van der Waals surface area contributed by atoms with Gasteiger partial charge in [0.25, 0.3) is 5.91 Å². The monoisotopic (exact) mass is 287 g/mol. The minimum Gasteiger partial charge on any atom is -0.387 e. The van der Waals surface area contributed by atoms with E-state index in [2.05, 4.69) is 10.3 Å². The Morgan fingerprint density at radius 1 is 1.38 bits per heavy atom. The summed E-state index contributed by atoms with van der Waals surface area (Å²) in [4.78, 5) is 27.2. The number of rotatable bonds is 5. The normalized spacial score (nSPS) is 12.0. The van der Waals surface area contributed by atoms with Gasteiger partial charge in [-0.2, -0.15) is 0 Å². The highest BCUT2D eigenvalue weighted by Gasteiger charge is 2.15. The molecule has 2 aromatic rings. The second-order valence-electron chi connectivity index (χ2n) is 4.79. The van der Waals surface area contributed by atoms with Crippen LogP contribution in [0.25, 0.3) is 0 Å². The number of aryl methyl sites for hydroxylation is 1. The fourth-order valence-corrected chi connectivity index (χ4v) is 1.97. The standard InChI is InChI=1S/C15H17N3O3/c1-10(19)12-7-13(18(2)9-12)15(21)17-8-14(20)11-3-5-16-6-4-11/h3-7,9,14,20H,8H2,1-2H3,(H,17,21). The number of nitrogens with one attached hydrogen (secondary N) is 1. The fraction of sp³-hybridized carbons (Fsp3) is 0.267. The average molecular weight is 287 g/mol. The second kappa shape index (κ2) is 6.32. The highest BCUT2D eigenvalue weighted by Crippen LogP contribution is 2.11. The van der Waals surface area contributed by atoms with Crippen molar-refractivity contribution in [1.29, 1.82) is 0 Å². The average Bonchev–Trinajstić information content (AvgIpc) is 2.87. The Bertz CT molecular complexity index is 649. The van der Waals surface area contributed by atoms with Gasteiger partial charge in [0, 0.05) is 37.7 Å². The number of Topliss-reactive ketones (excluding diaryl/α,β-unsaturated/α-hetero) is 1. The van der Waals surface area contributed by atoms with Gasteiger partial charge >= 0.3 is 0 Å². The van der Waals surface area contributed by atoms with Crippen molar-refractivity contribution in [2.24, 2.45) is 7.05 Å². The summed E-state index contributed by atoms with van der Waals surface area (Å²) < 4.78 is 1.59. The molecular weight excluding hydrogens is 270 g/mol. The molecule has 0 aliphatic carbocycles.